The number of allylic oxidation sites excluding steroid dienone is 4. The highest BCUT2D eigenvalue weighted by Crippen LogP contribution is 2.42. The van der Waals surface area contributed by atoms with Crippen LogP contribution in [-0.4, -0.2) is 80.7 Å². The van der Waals surface area contributed by atoms with Crippen molar-refractivity contribution in [1.29, 1.82) is 0 Å². The second-order valence-corrected chi connectivity index (χ2v) is 79.8. The molecule has 0 saturated heterocycles. The summed E-state index contributed by atoms with van der Waals surface area (Å²) >= 11 is 0. The average Bonchev–Trinajstić information content (AvgIpc) is 3.25. The molecule has 0 radical (unpaired) electrons. The fourth-order valence-electron chi connectivity index (χ4n) is 13.7. The highest BCUT2D eigenvalue weighted by Gasteiger charge is 2.57. The molecule has 0 bridgehead atoms. The predicted molar refractivity (Wildman–Crippen MR) is 345 cm³/mol. The normalized spacial score (nSPS) is 16.8. The summed E-state index contributed by atoms with van der Waals surface area (Å²) in [5.41, 5.74) is 9.65. The summed E-state index contributed by atoms with van der Waals surface area (Å²) in [5, 5.41) is 24.1. The minimum absolute atomic E-state index is 0.372. The minimum atomic E-state index is -3.28. The van der Waals surface area contributed by atoms with Crippen molar-refractivity contribution in [2.24, 2.45) is 5.92 Å². The van der Waals surface area contributed by atoms with E-state index in [1.54, 1.807) is 33.4 Å². The van der Waals surface area contributed by atoms with Crippen molar-refractivity contribution < 1.29 is 0 Å². The minimum Gasteiger partial charge on any atom is -0.0656 e. The number of rotatable bonds is 13. The molecule has 0 aliphatic heterocycles. The zero-order valence-electron chi connectivity index (χ0n) is 50.8. The van der Waals surface area contributed by atoms with Crippen LogP contribution in [0.25, 0.3) is 0 Å². The molecule has 0 spiro atoms. The molecule has 1 unspecified atom stereocenters. The first-order chi connectivity index (χ1) is 29.4. The van der Waals surface area contributed by atoms with Crippen molar-refractivity contribution in [2.45, 2.75) is 225 Å². The lowest BCUT2D eigenvalue weighted by Crippen LogP contribution is -2.87. The lowest BCUT2D eigenvalue weighted by Gasteiger charge is -2.50. The molecular weight excluding hydrogens is 965 g/mol. The van der Waals surface area contributed by atoms with E-state index in [1.165, 1.54) is 0 Å². The van der Waals surface area contributed by atoms with E-state index in [1.807, 2.05) is 67.4 Å². The first kappa shape index (κ1) is 58.9. The van der Waals surface area contributed by atoms with Crippen LogP contribution in [0.1, 0.15) is 44.4 Å². The smallest absolute Gasteiger partial charge is 0.0656 e. The lowest BCUT2D eigenvalue weighted by atomic mass is 10.1. The Morgan fingerprint density at radius 3 is 0.612 bits per heavy atom. The Morgan fingerprint density at radius 2 is 0.463 bits per heavy atom. The SMILES string of the molecule is CC1=C(C)C(C)C([Si](c2cc(C)c([Si](C)(C)C)c([Si](C)(C)C)c2[Si](C)(C)C)(c2cc(C)c([Si](C)(C)C)c([Si](C)(C)C)c2[Si](C)(C)C)c2cc(C)c([Si](C)(C)C)c([Si](C)(C)C)c2[Si](C)(C)C)=C1C. The van der Waals surface area contributed by atoms with Crippen molar-refractivity contribution >= 4 is 143 Å². The van der Waals surface area contributed by atoms with Gasteiger partial charge in [-0.1, -0.05) is 282 Å². The summed E-state index contributed by atoms with van der Waals surface area (Å²) in [6, 6.07) is 8.96. The molecule has 0 N–H and O–H groups in total. The van der Waals surface area contributed by atoms with E-state index >= 15 is 0 Å². The maximum absolute atomic E-state index is 3.28. The molecule has 67 heavy (non-hydrogen) atoms. The summed E-state index contributed by atoms with van der Waals surface area (Å²) in [5.74, 6) is 0.372. The maximum atomic E-state index is 2.99. The molecule has 10 heteroatoms. The number of benzene rings is 3. The van der Waals surface area contributed by atoms with Gasteiger partial charge in [0, 0.05) is 0 Å². The Kier molecular flexibility index (Phi) is 15.9. The summed E-state index contributed by atoms with van der Waals surface area (Å²) in [6.45, 7) is 91.7. The molecule has 0 fully saturated rings. The van der Waals surface area contributed by atoms with Crippen LogP contribution in [0.2, 0.25) is 177 Å². The van der Waals surface area contributed by atoms with E-state index in [2.05, 4.69) is 243 Å². The number of hydrogen-bond acceptors (Lipinski definition) is 0. The van der Waals surface area contributed by atoms with Gasteiger partial charge in [0.1, 0.15) is 0 Å². The van der Waals surface area contributed by atoms with Crippen molar-refractivity contribution in [2.75, 3.05) is 0 Å². The summed E-state index contributed by atoms with van der Waals surface area (Å²) in [6.07, 6.45) is 0. The van der Waals surface area contributed by atoms with Gasteiger partial charge in [-0.15, -0.1) is 0 Å². The quantitative estimate of drug-likeness (QED) is 0.118. The molecule has 0 heterocycles. The summed E-state index contributed by atoms with van der Waals surface area (Å²) in [7, 11) is -20.8. The van der Waals surface area contributed by atoms with Gasteiger partial charge in [-0.3, -0.25) is 0 Å². The molecule has 3 aromatic carbocycles. The maximum Gasteiger partial charge on any atom is 0.176 e. The standard InChI is InChI=1S/C57H106Si10/c1-38-35-45(52(61(17,18)19)55(64(26,27)28)48(38)58(8,9)10)67(51-43(6)41(4)42(5)44(51)7,46-36-39(2)49(59(11,12)13)56(65(29,30)31)53(46)62(20,21)22)47-37-40(3)50(60(14,15)16)57(66(32,33)34)54(47)63(23,24)25/h35-37,43H,1-34H3. The van der Waals surface area contributed by atoms with E-state index in [4.69, 9.17) is 0 Å². The van der Waals surface area contributed by atoms with Crippen LogP contribution in [-0.2, 0) is 0 Å². The third kappa shape index (κ3) is 10.6. The van der Waals surface area contributed by atoms with Crippen LogP contribution < -0.4 is 62.2 Å². The van der Waals surface area contributed by atoms with Gasteiger partial charge < -0.3 is 0 Å². The monoisotopic (exact) mass is 1070 g/mol. The van der Waals surface area contributed by atoms with Crippen LogP contribution in [0.3, 0.4) is 0 Å². The second-order valence-electron chi connectivity index (χ2n) is 31.2. The van der Waals surface area contributed by atoms with E-state index in [0.29, 0.717) is 5.92 Å². The summed E-state index contributed by atoms with van der Waals surface area (Å²) < 4.78 is 0. The molecule has 0 nitrogen and oxygen atoms in total. The molecule has 4 rings (SSSR count). The number of aryl methyl sites for hydroxylation is 3. The van der Waals surface area contributed by atoms with Crippen molar-refractivity contribution in [3.63, 3.8) is 0 Å². The first-order valence-corrected chi connectivity index (χ1v) is 59.9. The third-order valence-corrected chi connectivity index (χ3v) is 41.5. The Hall–Kier alpha value is -0.691. The third-order valence-electron chi connectivity index (χ3n) is 15.6. The fourth-order valence-corrected chi connectivity index (χ4v) is 56.3. The van der Waals surface area contributed by atoms with Gasteiger partial charge in [0.25, 0.3) is 0 Å². The van der Waals surface area contributed by atoms with E-state index in [9.17, 15) is 0 Å². The Morgan fingerprint density at radius 1 is 0.269 bits per heavy atom. The Balaban J connectivity index is 2.98. The molecule has 1 aliphatic rings. The zero-order valence-corrected chi connectivity index (χ0v) is 60.8. The van der Waals surface area contributed by atoms with E-state index in [0.717, 1.165) is 0 Å². The van der Waals surface area contributed by atoms with Crippen molar-refractivity contribution in [3.05, 3.63) is 56.8 Å². The largest absolute Gasteiger partial charge is 0.176 e. The zero-order chi connectivity index (χ0) is 52.7. The van der Waals surface area contributed by atoms with Gasteiger partial charge in [-0.25, -0.2) is 0 Å². The molecule has 3 aromatic rings. The Bertz CT molecular complexity index is 2280. The van der Waals surface area contributed by atoms with Crippen LogP contribution in [0.4, 0.5) is 0 Å². The predicted octanol–water partition coefficient (Wildman–Crippen LogP) is 10.8. The average molecular weight is 1070 g/mol. The van der Waals surface area contributed by atoms with Gasteiger partial charge in [0.2, 0.25) is 0 Å². The highest BCUT2D eigenvalue weighted by atomic mass is 28.4. The molecular formula is C57H106Si10. The molecule has 1 atom stereocenters. The Labute approximate surface area is 427 Å². The van der Waals surface area contributed by atoms with Gasteiger partial charge in [-0.2, -0.15) is 0 Å². The van der Waals surface area contributed by atoms with Crippen molar-refractivity contribution in [3.8, 4) is 0 Å². The molecule has 1 aliphatic carbocycles. The number of hydrogen-bond donors (Lipinski definition) is 0. The second kappa shape index (κ2) is 18.1. The van der Waals surface area contributed by atoms with Crippen molar-refractivity contribution in [1.82, 2.24) is 0 Å². The van der Waals surface area contributed by atoms with Crippen LogP contribution in [0, 0.1) is 26.7 Å². The van der Waals surface area contributed by atoms with Crippen LogP contribution >= 0.6 is 0 Å². The molecule has 0 aromatic heterocycles. The fraction of sp³-hybridized carbons (Fsp3) is 0.614. The van der Waals surface area contributed by atoms with Gasteiger partial charge in [0.05, 0.1) is 72.7 Å². The summed E-state index contributed by atoms with van der Waals surface area (Å²) in [4.78, 5) is 0. The molecule has 374 valence electrons. The van der Waals surface area contributed by atoms with E-state index in [-0.39, 0.29) is 0 Å². The van der Waals surface area contributed by atoms with Gasteiger partial charge in [0.15, 0.2) is 8.07 Å². The lowest BCUT2D eigenvalue weighted by molar-refractivity contribution is 0.852. The van der Waals surface area contributed by atoms with Crippen LogP contribution in [0.5, 0.6) is 0 Å². The van der Waals surface area contributed by atoms with Gasteiger partial charge >= 0.3 is 0 Å². The highest BCUT2D eigenvalue weighted by molar-refractivity contribution is 7.25. The van der Waals surface area contributed by atoms with Crippen LogP contribution in [0.15, 0.2) is 40.1 Å². The van der Waals surface area contributed by atoms with E-state index < -0.39 is 80.7 Å². The molecule has 0 saturated carbocycles. The topological polar surface area (TPSA) is 0 Å². The van der Waals surface area contributed by atoms with Gasteiger partial charge in [-0.05, 0) is 68.6 Å². The first-order valence-electron chi connectivity index (χ1n) is 26.4. The molecule has 0 amide bonds.